The van der Waals surface area contributed by atoms with Crippen LogP contribution in [0.3, 0.4) is 0 Å². The molecule has 0 amide bonds. The third-order valence-corrected chi connectivity index (χ3v) is 7.77. The number of phenols is 1. The topological polar surface area (TPSA) is 225 Å². The number of phenolic OH excluding ortho intramolecular Hbond substituents is 1. The minimum atomic E-state index is -1.74. The molecule has 0 unspecified atom stereocenters. The van der Waals surface area contributed by atoms with Crippen LogP contribution in [0.5, 0.6) is 5.75 Å². The second kappa shape index (κ2) is 16.4. The fourth-order valence-corrected chi connectivity index (χ4v) is 4.79. The van der Waals surface area contributed by atoms with Crippen LogP contribution in [0.25, 0.3) is 6.08 Å². The Hall–Kier alpha value is -2.47. The summed E-state index contributed by atoms with van der Waals surface area (Å²) in [5.41, 5.74) is 0.138. The van der Waals surface area contributed by atoms with Crippen LogP contribution in [0.15, 0.2) is 42.0 Å². The van der Waals surface area contributed by atoms with Crippen molar-refractivity contribution in [3.05, 3.63) is 47.6 Å². The van der Waals surface area contributed by atoms with Crippen molar-refractivity contribution in [2.24, 2.45) is 0 Å². The number of carbonyl (C=O) groups is 1. The second-order valence-corrected chi connectivity index (χ2v) is 11.9. The molecule has 2 aliphatic heterocycles. The van der Waals surface area contributed by atoms with E-state index in [1.165, 1.54) is 39.0 Å². The first-order valence-electron chi connectivity index (χ1n) is 14.8. The van der Waals surface area contributed by atoms with E-state index in [0.29, 0.717) is 18.4 Å². The van der Waals surface area contributed by atoms with Crippen molar-refractivity contribution < 1.29 is 69.3 Å². The number of carbonyl (C=O) groups excluding carboxylic acids is 1. The molecule has 0 saturated carbocycles. The number of ether oxygens (including phenoxy) is 5. The third-order valence-electron chi connectivity index (χ3n) is 7.77. The van der Waals surface area contributed by atoms with E-state index >= 15 is 0 Å². The fourth-order valence-electron chi connectivity index (χ4n) is 4.79. The molecule has 2 fully saturated rings. The first-order valence-corrected chi connectivity index (χ1v) is 14.8. The highest BCUT2D eigenvalue weighted by molar-refractivity contribution is 5.87. The van der Waals surface area contributed by atoms with Gasteiger partial charge in [-0.2, -0.15) is 0 Å². The van der Waals surface area contributed by atoms with Crippen molar-refractivity contribution in [2.45, 2.75) is 114 Å². The molecule has 3 rings (SSSR count). The summed E-state index contributed by atoms with van der Waals surface area (Å²) in [6, 6.07) is 5.98. The van der Waals surface area contributed by atoms with E-state index in [1.54, 1.807) is 25.1 Å². The molecule has 0 radical (unpaired) electrons. The zero-order valence-corrected chi connectivity index (χ0v) is 25.7. The van der Waals surface area contributed by atoms with Crippen molar-refractivity contribution in [1.29, 1.82) is 0 Å². The number of aliphatic hydroxyl groups is 7. The van der Waals surface area contributed by atoms with Crippen molar-refractivity contribution in [1.82, 2.24) is 0 Å². The summed E-state index contributed by atoms with van der Waals surface area (Å²) in [7, 11) is 0. The molecule has 254 valence electrons. The molecule has 0 bridgehead atoms. The summed E-state index contributed by atoms with van der Waals surface area (Å²) >= 11 is 0. The first kappa shape index (κ1) is 37.0. The van der Waals surface area contributed by atoms with Gasteiger partial charge in [0.1, 0.15) is 42.4 Å². The van der Waals surface area contributed by atoms with Gasteiger partial charge in [-0.05, 0) is 64.3 Å². The van der Waals surface area contributed by atoms with Crippen molar-refractivity contribution in [3.63, 3.8) is 0 Å². The van der Waals surface area contributed by atoms with Gasteiger partial charge in [-0.1, -0.05) is 23.8 Å². The molecule has 2 aliphatic rings. The van der Waals surface area contributed by atoms with E-state index in [1.807, 2.05) is 0 Å². The molecule has 2 heterocycles. The Bertz CT molecular complexity index is 1130. The van der Waals surface area contributed by atoms with Crippen LogP contribution in [-0.4, -0.2) is 133 Å². The molecule has 1 aromatic rings. The van der Waals surface area contributed by atoms with Gasteiger partial charge in [0.15, 0.2) is 18.7 Å². The maximum Gasteiger partial charge on any atom is 0.331 e. The van der Waals surface area contributed by atoms with E-state index in [-0.39, 0.29) is 12.4 Å². The quantitative estimate of drug-likeness (QED) is 0.0771. The Labute approximate surface area is 261 Å². The van der Waals surface area contributed by atoms with Gasteiger partial charge in [0.05, 0.1) is 31.0 Å². The summed E-state index contributed by atoms with van der Waals surface area (Å²) < 4.78 is 28.4. The fraction of sp³-hybridized carbons (Fsp3) is 0.645. The standard InChI is InChI=1S/C31H46O14/c1-16(5-11-21(34)31(3,4)40)13-14-41-29-26(39)28(45-30-25(38)24(37)23(36)17(2)42-30)27(20(15-32)43-29)44-22(35)12-8-18-6-9-19(33)10-7-18/h6-10,12-13,17,20-21,23-30,32-34,36-40H,5,11,14-15H2,1-4H3/t17-,20+,21-,23-,24+,25+,26+,27+,28+,29+,30-/m0/s1. The normalized spacial score (nSPS) is 33.7. The van der Waals surface area contributed by atoms with Gasteiger partial charge in [0.25, 0.3) is 0 Å². The van der Waals surface area contributed by atoms with Crippen molar-refractivity contribution in [3.8, 4) is 5.75 Å². The molecular weight excluding hydrogens is 596 g/mol. The van der Waals surface area contributed by atoms with Gasteiger partial charge in [0.2, 0.25) is 0 Å². The van der Waals surface area contributed by atoms with Crippen LogP contribution in [0.1, 0.15) is 46.1 Å². The molecule has 0 aliphatic carbocycles. The average Bonchev–Trinajstić information content (AvgIpc) is 2.99. The summed E-state index contributed by atoms with van der Waals surface area (Å²) in [5, 5.41) is 81.7. The number of hydrogen-bond acceptors (Lipinski definition) is 14. The highest BCUT2D eigenvalue weighted by atomic mass is 16.7. The Balaban J connectivity index is 1.77. The number of hydrogen-bond donors (Lipinski definition) is 8. The molecule has 8 N–H and O–H groups in total. The highest BCUT2D eigenvalue weighted by Gasteiger charge is 2.52. The van der Waals surface area contributed by atoms with E-state index < -0.39 is 85.7 Å². The average molecular weight is 643 g/mol. The Morgan fingerprint density at radius 2 is 1.67 bits per heavy atom. The van der Waals surface area contributed by atoms with E-state index in [4.69, 9.17) is 23.7 Å². The number of allylic oxidation sites excluding steroid dienone is 1. The largest absolute Gasteiger partial charge is 0.508 e. The smallest absolute Gasteiger partial charge is 0.331 e. The predicted molar refractivity (Wildman–Crippen MR) is 157 cm³/mol. The molecular formula is C31H46O14. The summed E-state index contributed by atoms with van der Waals surface area (Å²) in [6.07, 6.45) is -10.6. The Morgan fingerprint density at radius 3 is 2.29 bits per heavy atom. The van der Waals surface area contributed by atoms with Crippen LogP contribution in [0, 0.1) is 0 Å². The number of rotatable bonds is 13. The minimum absolute atomic E-state index is 0.0416. The number of aromatic hydroxyl groups is 1. The van der Waals surface area contributed by atoms with Crippen molar-refractivity contribution >= 4 is 12.0 Å². The van der Waals surface area contributed by atoms with Crippen LogP contribution in [0.4, 0.5) is 0 Å². The molecule has 0 aromatic heterocycles. The van der Waals surface area contributed by atoms with Crippen molar-refractivity contribution in [2.75, 3.05) is 13.2 Å². The van der Waals surface area contributed by atoms with Gasteiger partial charge >= 0.3 is 5.97 Å². The maximum absolute atomic E-state index is 12.8. The van der Waals surface area contributed by atoms with E-state index in [2.05, 4.69) is 0 Å². The first-order chi connectivity index (χ1) is 21.1. The number of benzene rings is 1. The molecule has 14 heteroatoms. The maximum atomic E-state index is 12.8. The summed E-state index contributed by atoms with van der Waals surface area (Å²) in [4.78, 5) is 12.8. The molecule has 2 saturated heterocycles. The molecule has 45 heavy (non-hydrogen) atoms. The zero-order valence-electron chi connectivity index (χ0n) is 25.7. The molecule has 11 atom stereocenters. The lowest BCUT2D eigenvalue weighted by atomic mass is 9.96. The lowest BCUT2D eigenvalue weighted by Gasteiger charge is -2.46. The molecule has 1 aromatic carbocycles. The zero-order chi connectivity index (χ0) is 33.5. The van der Waals surface area contributed by atoms with Gasteiger partial charge in [-0.25, -0.2) is 4.79 Å². The lowest BCUT2D eigenvalue weighted by Crippen LogP contribution is -2.65. The van der Waals surface area contributed by atoms with Crippen LogP contribution >= 0.6 is 0 Å². The van der Waals surface area contributed by atoms with Gasteiger partial charge < -0.3 is 64.5 Å². The number of esters is 1. The molecule has 14 nitrogen and oxygen atoms in total. The summed E-state index contributed by atoms with van der Waals surface area (Å²) in [6.45, 7) is 5.50. The molecule has 0 spiro atoms. The van der Waals surface area contributed by atoms with Gasteiger partial charge in [-0.3, -0.25) is 0 Å². The van der Waals surface area contributed by atoms with Crippen LogP contribution < -0.4 is 0 Å². The lowest BCUT2D eigenvalue weighted by molar-refractivity contribution is -0.356. The monoisotopic (exact) mass is 642 g/mol. The summed E-state index contributed by atoms with van der Waals surface area (Å²) in [5.74, 6) is -0.851. The van der Waals surface area contributed by atoms with Crippen LogP contribution in [-0.2, 0) is 28.5 Å². The van der Waals surface area contributed by atoms with E-state index in [0.717, 1.165) is 11.6 Å². The van der Waals surface area contributed by atoms with Gasteiger partial charge in [-0.15, -0.1) is 0 Å². The number of aliphatic hydroxyl groups excluding tert-OH is 6. The third kappa shape index (κ3) is 10.3. The Morgan fingerprint density at radius 1 is 1.00 bits per heavy atom. The van der Waals surface area contributed by atoms with Crippen LogP contribution in [0.2, 0.25) is 0 Å². The Kier molecular flexibility index (Phi) is 13.5. The predicted octanol–water partition coefficient (Wildman–Crippen LogP) is -0.517. The second-order valence-electron chi connectivity index (χ2n) is 11.9. The van der Waals surface area contributed by atoms with Gasteiger partial charge in [0, 0.05) is 6.08 Å². The van der Waals surface area contributed by atoms with E-state index in [9.17, 15) is 45.6 Å². The minimum Gasteiger partial charge on any atom is -0.508 e. The SMILES string of the molecule is CC(=CCO[C@@H]1O[C@H](CO)[C@@H](OC(=O)C=Cc2ccc(O)cc2)[C@H](O[C@@H]2O[C@@H](C)[C@H](O)[C@@H](O)[C@H]2O)[C@H]1O)CC[C@H](O)C(C)(C)O. The highest BCUT2D eigenvalue weighted by Crippen LogP contribution is 2.31.